The molecule has 6 heteroatoms. The molecule has 1 atom stereocenters. The summed E-state index contributed by atoms with van der Waals surface area (Å²) in [5.41, 5.74) is 0.637. The number of hydrogen-bond donors (Lipinski definition) is 2. The molecule has 0 aromatic heterocycles. The monoisotopic (exact) mass is 334 g/mol. The molecule has 0 aliphatic carbocycles. The van der Waals surface area contributed by atoms with Gasteiger partial charge in [0.1, 0.15) is 5.82 Å². The molecule has 1 aliphatic heterocycles. The van der Waals surface area contributed by atoms with Crippen LogP contribution in [0.5, 0.6) is 0 Å². The summed E-state index contributed by atoms with van der Waals surface area (Å²) < 4.78 is 13.7. The van der Waals surface area contributed by atoms with E-state index in [4.69, 9.17) is 11.6 Å². The molecule has 0 bridgehead atoms. The van der Waals surface area contributed by atoms with E-state index >= 15 is 0 Å². The molecule has 0 radical (unpaired) electrons. The Bertz CT molecular complexity index is 446. The highest BCUT2D eigenvalue weighted by molar-refractivity contribution is 9.10. The van der Waals surface area contributed by atoms with E-state index in [9.17, 15) is 9.18 Å². The van der Waals surface area contributed by atoms with E-state index < -0.39 is 5.82 Å². The van der Waals surface area contributed by atoms with Crippen molar-refractivity contribution in [2.45, 2.75) is 25.3 Å². The van der Waals surface area contributed by atoms with Gasteiger partial charge < -0.3 is 10.6 Å². The molecule has 0 saturated carbocycles. The van der Waals surface area contributed by atoms with Crippen molar-refractivity contribution in [1.29, 1.82) is 0 Å². The number of benzene rings is 1. The predicted molar refractivity (Wildman–Crippen MR) is 73.4 cm³/mol. The van der Waals surface area contributed by atoms with Crippen molar-refractivity contribution in [3.8, 4) is 0 Å². The van der Waals surface area contributed by atoms with Gasteiger partial charge in [-0.05, 0) is 40.9 Å². The minimum Gasteiger partial charge on any atom is -0.380 e. The van der Waals surface area contributed by atoms with Crippen LogP contribution in [0, 0.1) is 5.82 Å². The maximum atomic E-state index is 13.1. The van der Waals surface area contributed by atoms with Crippen molar-refractivity contribution in [3.05, 3.63) is 27.4 Å². The van der Waals surface area contributed by atoms with E-state index in [2.05, 4.69) is 26.6 Å². The number of halogens is 3. The quantitative estimate of drug-likeness (QED) is 0.870. The molecule has 0 spiro atoms. The van der Waals surface area contributed by atoms with Crippen LogP contribution in [0.1, 0.15) is 19.3 Å². The summed E-state index contributed by atoms with van der Waals surface area (Å²) in [6.45, 7) is 0.704. The molecule has 18 heavy (non-hydrogen) atoms. The lowest BCUT2D eigenvalue weighted by molar-refractivity contribution is -0.120. The number of anilines is 1. The number of rotatable bonds is 2. The van der Waals surface area contributed by atoms with Gasteiger partial charge in [0, 0.05) is 23.5 Å². The maximum absolute atomic E-state index is 13.1. The van der Waals surface area contributed by atoms with Crippen LogP contribution in [0.25, 0.3) is 0 Å². The van der Waals surface area contributed by atoms with Crippen LogP contribution in [0.15, 0.2) is 16.6 Å². The minimum atomic E-state index is -0.393. The molecule has 1 aromatic carbocycles. The molecule has 1 amide bonds. The molecule has 1 aliphatic rings. The van der Waals surface area contributed by atoms with Gasteiger partial charge in [0.25, 0.3) is 0 Å². The molecule has 98 valence electrons. The smallest absolute Gasteiger partial charge is 0.222 e. The second-order valence-corrected chi connectivity index (χ2v) is 5.54. The van der Waals surface area contributed by atoms with Gasteiger partial charge in [-0.15, -0.1) is 0 Å². The largest absolute Gasteiger partial charge is 0.380 e. The molecular formula is C12H13BrClFN2O. The summed E-state index contributed by atoms with van der Waals surface area (Å²) in [5, 5.41) is 6.34. The highest BCUT2D eigenvalue weighted by atomic mass is 79.9. The Balaban J connectivity index is 2.15. The molecule has 2 N–H and O–H groups in total. The van der Waals surface area contributed by atoms with Crippen LogP contribution in [-0.4, -0.2) is 18.5 Å². The average Bonchev–Trinajstić information content (AvgIpc) is 2.48. The van der Waals surface area contributed by atoms with Crippen LogP contribution in [0.2, 0.25) is 5.02 Å². The molecule has 1 unspecified atom stereocenters. The first-order valence-electron chi connectivity index (χ1n) is 5.74. The summed E-state index contributed by atoms with van der Waals surface area (Å²) in [6, 6.07) is 2.63. The van der Waals surface area contributed by atoms with E-state index in [-0.39, 0.29) is 11.9 Å². The van der Waals surface area contributed by atoms with Gasteiger partial charge in [-0.25, -0.2) is 4.39 Å². The fourth-order valence-corrected chi connectivity index (χ4v) is 2.90. The predicted octanol–water partition coefficient (Wildman–Crippen LogP) is 3.32. The van der Waals surface area contributed by atoms with E-state index in [1.807, 2.05) is 0 Å². The molecule has 3 nitrogen and oxygen atoms in total. The van der Waals surface area contributed by atoms with E-state index in [0.29, 0.717) is 28.1 Å². The molecule has 2 rings (SSSR count). The summed E-state index contributed by atoms with van der Waals surface area (Å²) in [4.78, 5) is 11.5. The fourth-order valence-electron chi connectivity index (χ4n) is 1.98. The second-order valence-electron chi connectivity index (χ2n) is 4.28. The zero-order valence-corrected chi connectivity index (χ0v) is 11.9. The van der Waals surface area contributed by atoms with Crippen molar-refractivity contribution in [3.63, 3.8) is 0 Å². The van der Waals surface area contributed by atoms with Crippen molar-refractivity contribution < 1.29 is 9.18 Å². The molecule has 1 aromatic rings. The van der Waals surface area contributed by atoms with Crippen LogP contribution < -0.4 is 10.6 Å². The molecular weight excluding hydrogens is 323 g/mol. The van der Waals surface area contributed by atoms with E-state index in [1.165, 1.54) is 12.1 Å². The fraction of sp³-hybridized carbons (Fsp3) is 0.417. The lowest BCUT2D eigenvalue weighted by Gasteiger charge is -2.19. The first-order valence-corrected chi connectivity index (χ1v) is 6.91. The number of amides is 1. The van der Waals surface area contributed by atoms with Crippen molar-refractivity contribution in [2.24, 2.45) is 0 Å². The van der Waals surface area contributed by atoms with Crippen LogP contribution >= 0.6 is 27.5 Å². The first kappa shape index (κ1) is 13.6. The van der Waals surface area contributed by atoms with Crippen LogP contribution in [-0.2, 0) is 4.79 Å². The third-order valence-electron chi connectivity index (χ3n) is 2.84. The Kier molecular flexibility index (Phi) is 4.45. The first-order chi connectivity index (χ1) is 8.56. The topological polar surface area (TPSA) is 41.1 Å². The summed E-state index contributed by atoms with van der Waals surface area (Å²) in [7, 11) is 0. The standard InChI is InChI=1S/C12H13BrClFN2O/c13-9-4-7(15)5-10(14)12(9)17-8-2-1-3-16-11(18)6-8/h4-5,8,17H,1-3,6H2,(H,16,18). The van der Waals surface area contributed by atoms with Gasteiger partial charge in [0.15, 0.2) is 0 Å². The van der Waals surface area contributed by atoms with Gasteiger partial charge >= 0.3 is 0 Å². The van der Waals surface area contributed by atoms with Gasteiger partial charge in [-0.1, -0.05) is 11.6 Å². The zero-order chi connectivity index (χ0) is 13.1. The summed E-state index contributed by atoms with van der Waals surface area (Å²) >= 11 is 9.27. The Labute approximate surface area is 118 Å². The van der Waals surface area contributed by atoms with Gasteiger partial charge in [-0.2, -0.15) is 0 Å². The number of hydrogen-bond acceptors (Lipinski definition) is 2. The Morgan fingerprint density at radius 1 is 1.50 bits per heavy atom. The number of carbonyl (C=O) groups is 1. The second kappa shape index (κ2) is 5.89. The van der Waals surface area contributed by atoms with Gasteiger partial charge in [-0.3, -0.25) is 4.79 Å². The van der Waals surface area contributed by atoms with E-state index in [1.54, 1.807) is 0 Å². The lowest BCUT2D eigenvalue weighted by Crippen LogP contribution is -2.27. The molecule has 1 saturated heterocycles. The molecule has 1 heterocycles. The Hall–Kier alpha value is -0.810. The van der Waals surface area contributed by atoms with Crippen LogP contribution in [0.4, 0.5) is 10.1 Å². The normalized spacial score (nSPS) is 20.2. The minimum absolute atomic E-state index is 0.0201. The van der Waals surface area contributed by atoms with Crippen molar-refractivity contribution in [2.75, 3.05) is 11.9 Å². The highest BCUT2D eigenvalue weighted by Crippen LogP contribution is 2.33. The average molecular weight is 336 g/mol. The highest BCUT2D eigenvalue weighted by Gasteiger charge is 2.19. The Morgan fingerprint density at radius 3 is 3.00 bits per heavy atom. The SMILES string of the molecule is O=C1CC(Nc2c(Cl)cc(F)cc2Br)CCCN1. The van der Waals surface area contributed by atoms with Crippen molar-refractivity contribution in [1.82, 2.24) is 5.32 Å². The summed E-state index contributed by atoms with van der Waals surface area (Å²) in [6.07, 6.45) is 2.19. The number of nitrogens with one attached hydrogen (secondary N) is 2. The third-order valence-corrected chi connectivity index (χ3v) is 3.76. The van der Waals surface area contributed by atoms with Gasteiger partial charge in [0.2, 0.25) is 5.91 Å². The lowest BCUT2D eigenvalue weighted by atomic mass is 10.1. The van der Waals surface area contributed by atoms with Gasteiger partial charge in [0.05, 0.1) is 10.7 Å². The molecule has 1 fully saturated rings. The van der Waals surface area contributed by atoms with E-state index in [0.717, 1.165) is 12.8 Å². The number of carbonyl (C=O) groups excluding carboxylic acids is 1. The maximum Gasteiger partial charge on any atom is 0.222 e. The zero-order valence-electron chi connectivity index (χ0n) is 9.60. The third kappa shape index (κ3) is 3.36. The Morgan fingerprint density at radius 2 is 2.28 bits per heavy atom. The van der Waals surface area contributed by atoms with Crippen molar-refractivity contribution >= 4 is 39.1 Å². The van der Waals surface area contributed by atoms with Crippen LogP contribution in [0.3, 0.4) is 0 Å². The summed E-state index contributed by atoms with van der Waals surface area (Å²) in [5.74, 6) is -0.365.